The molecule has 7 nitrogen and oxygen atoms in total. The number of hydrogen-bond donors (Lipinski definition) is 4. The molecule has 0 aliphatic carbocycles. The smallest absolute Gasteiger partial charge is 0.404 e. The van der Waals surface area contributed by atoms with Crippen LogP contribution in [0.3, 0.4) is 0 Å². The first-order chi connectivity index (χ1) is 12.1. The third-order valence-corrected chi connectivity index (χ3v) is 4.73. The van der Waals surface area contributed by atoms with Crippen LogP contribution in [0.5, 0.6) is 0 Å². The monoisotopic (exact) mass is 345 g/mol. The lowest BCUT2D eigenvalue weighted by molar-refractivity contribution is 0.0925. The van der Waals surface area contributed by atoms with Gasteiger partial charge in [-0.2, -0.15) is 0 Å². The highest BCUT2D eigenvalue weighted by Gasteiger charge is 2.21. The van der Waals surface area contributed by atoms with Crippen molar-refractivity contribution >= 4 is 22.7 Å². The van der Waals surface area contributed by atoms with Crippen molar-refractivity contribution in [3.8, 4) is 0 Å². The Hall–Kier alpha value is -2.38. The van der Waals surface area contributed by atoms with Crippen LogP contribution in [-0.4, -0.2) is 52.6 Å². The fourth-order valence-corrected chi connectivity index (χ4v) is 3.29. The molecule has 134 valence electrons. The highest BCUT2D eigenvalue weighted by molar-refractivity contribution is 5.91. The van der Waals surface area contributed by atoms with Crippen LogP contribution >= 0.6 is 0 Å². The first-order valence-corrected chi connectivity index (χ1v) is 8.49. The van der Waals surface area contributed by atoms with Gasteiger partial charge in [0.25, 0.3) is 0 Å². The third kappa shape index (κ3) is 4.00. The maximum atomic E-state index is 10.6. The number of aromatic nitrogens is 1. The normalized spacial score (nSPS) is 16.8. The molecule has 3 rings (SSSR count). The van der Waals surface area contributed by atoms with Crippen molar-refractivity contribution < 1.29 is 20.1 Å². The van der Waals surface area contributed by atoms with Crippen molar-refractivity contribution in [3.63, 3.8) is 0 Å². The molecule has 0 saturated carbocycles. The van der Waals surface area contributed by atoms with Gasteiger partial charge in [-0.25, -0.2) is 9.78 Å². The molecule has 1 amide bonds. The number of rotatable bonds is 5. The van der Waals surface area contributed by atoms with Crippen LogP contribution in [0.1, 0.15) is 24.6 Å². The molecule has 25 heavy (non-hydrogen) atoms. The first kappa shape index (κ1) is 17.4. The van der Waals surface area contributed by atoms with Gasteiger partial charge in [-0.05, 0) is 30.9 Å². The largest absolute Gasteiger partial charge is 0.465 e. The second-order valence-corrected chi connectivity index (χ2v) is 6.40. The van der Waals surface area contributed by atoms with Crippen LogP contribution in [0.2, 0.25) is 0 Å². The molecule has 4 N–H and O–H groups in total. The third-order valence-electron chi connectivity index (χ3n) is 4.73. The molecular formula is C18H23N3O4. The van der Waals surface area contributed by atoms with E-state index in [1.54, 1.807) is 6.07 Å². The van der Waals surface area contributed by atoms with Crippen LogP contribution in [0.25, 0.3) is 10.9 Å². The fraction of sp³-hybridized carbons (Fsp3) is 0.444. The van der Waals surface area contributed by atoms with Gasteiger partial charge in [0.15, 0.2) is 0 Å². The number of benzene rings is 1. The summed E-state index contributed by atoms with van der Waals surface area (Å²) in [6, 6.07) is 9.62. The molecule has 1 atom stereocenters. The van der Waals surface area contributed by atoms with Gasteiger partial charge in [-0.3, -0.25) is 0 Å². The van der Waals surface area contributed by atoms with E-state index in [4.69, 9.17) is 10.2 Å². The average Bonchev–Trinajstić information content (AvgIpc) is 2.65. The number of aliphatic hydroxyl groups excluding tert-OH is 2. The second kappa shape index (κ2) is 7.67. The lowest BCUT2D eigenvalue weighted by Crippen LogP contribution is -2.38. The minimum atomic E-state index is -0.981. The molecule has 1 aliphatic heterocycles. The van der Waals surface area contributed by atoms with E-state index in [-0.39, 0.29) is 6.61 Å². The number of pyridine rings is 1. The van der Waals surface area contributed by atoms with Gasteiger partial charge in [0.05, 0.1) is 23.5 Å². The lowest BCUT2D eigenvalue weighted by Gasteiger charge is -2.34. The molecule has 1 saturated heterocycles. The van der Waals surface area contributed by atoms with Gasteiger partial charge < -0.3 is 25.5 Å². The number of carbonyl (C=O) groups is 1. The minimum Gasteiger partial charge on any atom is -0.465 e. The maximum Gasteiger partial charge on any atom is 0.404 e. The second-order valence-electron chi connectivity index (χ2n) is 6.40. The number of hydrogen-bond acceptors (Lipinski definition) is 5. The van der Waals surface area contributed by atoms with Gasteiger partial charge in [-0.15, -0.1) is 0 Å². The predicted octanol–water partition coefficient (Wildman–Crippen LogP) is 1.74. The van der Waals surface area contributed by atoms with Gasteiger partial charge in [0.2, 0.25) is 0 Å². The van der Waals surface area contributed by atoms with Gasteiger partial charge >= 0.3 is 6.09 Å². The highest BCUT2D eigenvalue weighted by atomic mass is 16.4. The van der Waals surface area contributed by atoms with Crippen LogP contribution in [0, 0.1) is 5.92 Å². The molecule has 7 heteroatoms. The van der Waals surface area contributed by atoms with Gasteiger partial charge in [0, 0.05) is 25.0 Å². The summed E-state index contributed by atoms with van der Waals surface area (Å²) in [5.74, 6) is 0.349. The zero-order valence-corrected chi connectivity index (χ0v) is 13.9. The van der Waals surface area contributed by atoms with E-state index >= 15 is 0 Å². The van der Waals surface area contributed by atoms with Crippen molar-refractivity contribution in [1.82, 2.24) is 10.3 Å². The van der Waals surface area contributed by atoms with Crippen LogP contribution in [0.4, 0.5) is 10.5 Å². The van der Waals surface area contributed by atoms with E-state index in [0.29, 0.717) is 18.2 Å². The number of aliphatic hydroxyl groups is 2. The quantitative estimate of drug-likeness (QED) is 0.658. The summed E-state index contributed by atoms with van der Waals surface area (Å²) in [6.07, 6.45) is -0.133. The number of piperidine rings is 1. The Morgan fingerprint density at radius 1 is 1.28 bits per heavy atom. The molecule has 1 unspecified atom stereocenters. The Labute approximate surface area is 145 Å². The number of nitrogens with zero attached hydrogens (tertiary/aromatic N) is 2. The SMILES string of the molecule is O=C(O)NCC1CCN(c2cccc3ccc(C(O)CO)nc23)CC1. The molecular weight excluding hydrogens is 322 g/mol. The molecule has 2 heterocycles. The Morgan fingerprint density at radius 2 is 2.04 bits per heavy atom. The van der Waals surface area contributed by atoms with E-state index in [1.165, 1.54) is 0 Å². The number of anilines is 1. The Morgan fingerprint density at radius 3 is 2.72 bits per heavy atom. The lowest BCUT2D eigenvalue weighted by atomic mass is 9.96. The summed E-state index contributed by atoms with van der Waals surface area (Å²) in [5, 5.41) is 31.2. The molecule has 1 aliphatic rings. The summed E-state index contributed by atoms with van der Waals surface area (Å²) in [5.41, 5.74) is 2.28. The highest BCUT2D eigenvalue weighted by Crippen LogP contribution is 2.30. The zero-order valence-electron chi connectivity index (χ0n) is 13.9. The van der Waals surface area contributed by atoms with Crippen LogP contribution in [0.15, 0.2) is 30.3 Å². The summed E-state index contributed by atoms with van der Waals surface area (Å²) >= 11 is 0. The van der Waals surface area contributed by atoms with Crippen molar-refractivity contribution in [2.75, 3.05) is 31.1 Å². The standard InChI is InChI=1S/C18H23N3O4/c22-11-16(23)14-5-4-13-2-1-3-15(17(13)20-14)21-8-6-12(7-9-21)10-19-18(24)25/h1-5,12,16,19,22-23H,6-11H2,(H,24,25). The molecule has 1 fully saturated rings. The number of nitrogens with one attached hydrogen (secondary N) is 1. The van der Waals surface area contributed by atoms with Gasteiger partial charge in [0.1, 0.15) is 6.10 Å². The topological polar surface area (TPSA) is 106 Å². The number of para-hydroxylation sites is 1. The van der Waals surface area contributed by atoms with Crippen molar-refractivity contribution in [2.24, 2.45) is 5.92 Å². The maximum absolute atomic E-state index is 10.6. The van der Waals surface area contributed by atoms with Crippen LogP contribution in [-0.2, 0) is 0 Å². The molecule has 2 aromatic rings. The summed E-state index contributed by atoms with van der Waals surface area (Å²) in [4.78, 5) is 17.4. The number of amides is 1. The minimum absolute atomic E-state index is 0.349. The van der Waals surface area contributed by atoms with Gasteiger partial charge in [-0.1, -0.05) is 18.2 Å². The Kier molecular flexibility index (Phi) is 5.35. The van der Waals surface area contributed by atoms with Crippen molar-refractivity contribution in [3.05, 3.63) is 36.0 Å². The first-order valence-electron chi connectivity index (χ1n) is 8.49. The average molecular weight is 345 g/mol. The van der Waals surface area contributed by atoms with E-state index in [2.05, 4.69) is 15.2 Å². The van der Waals surface area contributed by atoms with Crippen molar-refractivity contribution in [1.29, 1.82) is 0 Å². The summed E-state index contributed by atoms with van der Waals surface area (Å²) in [7, 11) is 0. The van der Waals surface area contributed by atoms with E-state index < -0.39 is 12.2 Å². The molecule has 0 spiro atoms. The van der Waals surface area contributed by atoms with Crippen LogP contribution < -0.4 is 10.2 Å². The molecule has 0 bridgehead atoms. The summed E-state index contributed by atoms with van der Waals surface area (Å²) in [6.45, 7) is 1.80. The zero-order chi connectivity index (χ0) is 17.8. The molecule has 1 aromatic heterocycles. The Bertz CT molecular complexity index is 744. The predicted molar refractivity (Wildman–Crippen MR) is 94.8 cm³/mol. The molecule has 1 aromatic carbocycles. The fourth-order valence-electron chi connectivity index (χ4n) is 3.29. The summed E-state index contributed by atoms with van der Waals surface area (Å²) < 4.78 is 0. The Balaban J connectivity index is 1.78. The van der Waals surface area contributed by atoms with E-state index in [0.717, 1.165) is 42.5 Å². The van der Waals surface area contributed by atoms with E-state index in [1.807, 2.05) is 24.3 Å². The number of carboxylic acid groups (broad SMARTS) is 1. The van der Waals surface area contributed by atoms with Crippen molar-refractivity contribution in [2.45, 2.75) is 18.9 Å². The molecule has 0 radical (unpaired) electrons. The number of fused-ring (bicyclic) bond motifs is 1. The van der Waals surface area contributed by atoms with E-state index in [9.17, 15) is 9.90 Å².